The van der Waals surface area contributed by atoms with Crippen molar-refractivity contribution in [2.75, 3.05) is 0 Å². The lowest BCUT2D eigenvalue weighted by Gasteiger charge is -2.32. The molecule has 0 bridgehead atoms. The van der Waals surface area contributed by atoms with Crippen LogP contribution in [0.25, 0.3) is 11.1 Å². The first-order valence-corrected chi connectivity index (χ1v) is 8.06. The van der Waals surface area contributed by atoms with Crippen LogP contribution in [-0.2, 0) is 9.31 Å². The largest absolute Gasteiger partial charge is 0.496 e. The predicted molar refractivity (Wildman–Crippen MR) is 95.6 cm³/mol. The van der Waals surface area contributed by atoms with Gasteiger partial charge in [-0.3, -0.25) is 4.98 Å². The Labute approximate surface area is 147 Å². The zero-order chi connectivity index (χ0) is 18.2. The summed E-state index contributed by atoms with van der Waals surface area (Å²) in [4.78, 5) is 15.1. The van der Waals surface area contributed by atoms with Crippen molar-refractivity contribution in [1.29, 1.82) is 0 Å². The van der Waals surface area contributed by atoms with Gasteiger partial charge in [0.25, 0.3) is 0 Å². The highest BCUT2D eigenvalue weighted by molar-refractivity contribution is 6.62. The van der Waals surface area contributed by atoms with Gasteiger partial charge < -0.3 is 19.8 Å². The van der Waals surface area contributed by atoms with Gasteiger partial charge in [-0.2, -0.15) is 0 Å². The van der Waals surface area contributed by atoms with E-state index in [2.05, 4.69) is 4.98 Å². The average molecular weight is 340 g/mol. The fourth-order valence-corrected chi connectivity index (χ4v) is 2.56. The topological polar surface area (TPSA) is 83.7 Å². The van der Waals surface area contributed by atoms with Crippen LogP contribution in [-0.4, -0.2) is 29.4 Å². The molecule has 1 amide bonds. The van der Waals surface area contributed by atoms with E-state index >= 15 is 0 Å². The summed E-state index contributed by atoms with van der Waals surface area (Å²) in [5.74, 6) is 0.395. The number of nitrogens with two attached hydrogens (primary N) is 1. The first-order chi connectivity index (χ1) is 11.7. The van der Waals surface area contributed by atoms with E-state index in [0.29, 0.717) is 5.75 Å². The summed E-state index contributed by atoms with van der Waals surface area (Å²) in [6, 6.07) is 9.02. The predicted octanol–water partition coefficient (Wildman–Crippen LogP) is 2.51. The molecule has 25 heavy (non-hydrogen) atoms. The van der Waals surface area contributed by atoms with E-state index in [-0.39, 0.29) is 0 Å². The fraction of sp³-hybridized carbons (Fsp3) is 0.333. The molecule has 1 aliphatic rings. The van der Waals surface area contributed by atoms with Crippen molar-refractivity contribution in [1.82, 2.24) is 4.98 Å². The molecule has 6 nitrogen and oxygen atoms in total. The monoisotopic (exact) mass is 340 g/mol. The molecule has 0 radical (unpaired) electrons. The Kier molecular flexibility index (Phi) is 4.30. The number of amides is 1. The standard InChI is InChI=1S/C18H21BN2O4/c1-17(2)18(3,4)25-19(24-17)14-9-13(10-21-11-14)12-5-7-15(8-6-12)23-16(20)22/h5-11H,1-4H3,(H2,20,22). The van der Waals surface area contributed by atoms with Crippen LogP contribution in [0.4, 0.5) is 4.79 Å². The van der Waals surface area contributed by atoms with Gasteiger partial charge in [0.15, 0.2) is 0 Å². The van der Waals surface area contributed by atoms with Gasteiger partial charge in [0.1, 0.15) is 5.75 Å². The molecule has 1 aromatic carbocycles. The number of pyridine rings is 1. The molecular formula is C18H21BN2O4. The van der Waals surface area contributed by atoms with Crippen LogP contribution in [0.5, 0.6) is 5.75 Å². The van der Waals surface area contributed by atoms with Crippen LogP contribution in [0.3, 0.4) is 0 Å². The minimum atomic E-state index is -0.836. The maximum Gasteiger partial charge on any atom is 0.496 e. The van der Waals surface area contributed by atoms with E-state index in [1.54, 1.807) is 24.5 Å². The normalized spacial score (nSPS) is 18.2. The highest BCUT2D eigenvalue weighted by Gasteiger charge is 2.51. The van der Waals surface area contributed by atoms with Crippen LogP contribution < -0.4 is 15.9 Å². The van der Waals surface area contributed by atoms with Crippen LogP contribution >= 0.6 is 0 Å². The van der Waals surface area contributed by atoms with Crippen molar-refractivity contribution < 1.29 is 18.8 Å². The first kappa shape index (κ1) is 17.4. The number of rotatable bonds is 3. The van der Waals surface area contributed by atoms with E-state index in [1.807, 2.05) is 45.9 Å². The summed E-state index contributed by atoms with van der Waals surface area (Å²) in [6.45, 7) is 8.06. The summed E-state index contributed by atoms with van der Waals surface area (Å²) in [6.07, 6.45) is 2.67. The van der Waals surface area contributed by atoms with Crippen molar-refractivity contribution in [3.63, 3.8) is 0 Å². The van der Waals surface area contributed by atoms with Gasteiger partial charge in [-0.1, -0.05) is 18.2 Å². The lowest BCUT2D eigenvalue weighted by atomic mass is 9.79. The number of hydrogen-bond donors (Lipinski definition) is 1. The number of ether oxygens (including phenoxy) is 1. The van der Waals surface area contributed by atoms with Crippen LogP contribution in [0.15, 0.2) is 42.7 Å². The number of hydrogen-bond acceptors (Lipinski definition) is 5. The number of aromatic nitrogens is 1. The zero-order valence-corrected chi connectivity index (χ0v) is 14.8. The second-order valence-electron chi connectivity index (χ2n) is 7.04. The van der Waals surface area contributed by atoms with Gasteiger partial charge in [-0.15, -0.1) is 0 Å². The van der Waals surface area contributed by atoms with Crippen molar-refractivity contribution >= 4 is 18.7 Å². The third kappa shape index (κ3) is 3.52. The molecule has 1 aliphatic heterocycles. The Morgan fingerprint density at radius 3 is 2.20 bits per heavy atom. The maximum atomic E-state index is 10.8. The fourth-order valence-electron chi connectivity index (χ4n) is 2.56. The van der Waals surface area contributed by atoms with E-state index in [1.165, 1.54) is 0 Å². The molecule has 1 aromatic heterocycles. The van der Waals surface area contributed by atoms with Gasteiger partial charge in [0.2, 0.25) is 0 Å². The van der Waals surface area contributed by atoms with Gasteiger partial charge in [0.05, 0.1) is 11.2 Å². The van der Waals surface area contributed by atoms with Crippen LogP contribution in [0.2, 0.25) is 0 Å². The van der Waals surface area contributed by atoms with E-state index in [9.17, 15) is 4.79 Å². The first-order valence-electron chi connectivity index (χ1n) is 8.06. The Morgan fingerprint density at radius 1 is 1.04 bits per heavy atom. The zero-order valence-electron chi connectivity index (χ0n) is 14.8. The molecule has 2 N–H and O–H groups in total. The van der Waals surface area contributed by atoms with Crippen molar-refractivity contribution in [3.05, 3.63) is 42.7 Å². The molecular weight excluding hydrogens is 319 g/mol. The summed E-state index contributed by atoms with van der Waals surface area (Å²) in [5.41, 5.74) is 6.91. The van der Waals surface area contributed by atoms with Crippen LogP contribution in [0, 0.1) is 0 Å². The van der Waals surface area contributed by atoms with Crippen molar-refractivity contribution in [2.24, 2.45) is 5.73 Å². The van der Waals surface area contributed by atoms with Gasteiger partial charge in [-0.05, 0) is 51.0 Å². The molecule has 2 heterocycles. The Hall–Kier alpha value is -2.38. The Balaban J connectivity index is 1.84. The molecule has 0 saturated carbocycles. The molecule has 0 unspecified atom stereocenters. The molecule has 2 aromatic rings. The number of carbonyl (C=O) groups is 1. The molecule has 0 aliphatic carbocycles. The van der Waals surface area contributed by atoms with Gasteiger partial charge in [0, 0.05) is 17.9 Å². The second-order valence-corrected chi connectivity index (χ2v) is 7.04. The number of primary amides is 1. The summed E-state index contributed by atoms with van der Waals surface area (Å²) < 4.78 is 17.0. The quantitative estimate of drug-likeness (QED) is 0.868. The minimum absolute atomic E-state index is 0.395. The SMILES string of the molecule is CC1(C)OB(c2cncc(-c3ccc(OC(N)=O)cc3)c2)OC1(C)C. The molecule has 130 valence electrons. The van der Waals surface area contributed by atoms with Crippen LogP contribution in [0.1, 0.15) is 27.7 Å². The Bertz CT molecular complexity index is 774. The Morgan fingerprint density at radius 2 is 1.64 bits per heavy atom. The van der Waals surface area contributed by atoms with Crippen molar-refractivity contribution in [2.45, 2.75) is 38.9 Å². The third-order valence-corrected chi connectivity index (χ3v) is 4.69. The smallest absolute Gasteiger partial charge is 0.411 e. The molecule has 0 spiro atoms. The number of carbonyl (C=O) groups excluding carboxylic acids is 1. The van der Waals surface area contributed by atoms with Gasteiger partial charge in [-0.25, -0.2) is 4.79 Å². The highest BCUT2D eigenvalue weighted by atomic mass is 16.7. The number of benzene rings is 1. The highest BCUT2D eigenvalue weighted by Crippen LogP contribution is 2.36. The molecule has 0 atom stereocenters. The lowest BCUT2D eigenvalue weighted by molar-refractivity contribution is 0.00578. The average Bonchev–Trinajstić information content (AvgIpc) is 2.76. The van der Waals surface area contributed by atoms with E-state index in [4.69, 9.17) is 19.8 Å². The third-order valence-electron chi connectivity index (χ3n) is 4.69. The van der Waals surface area contributed by atoms with E-state index in [0.717, 1.165) is 16.6 Å². The summed E-state index contributed by atoms with van der Waals surface area (Å²) in [5, 5.41) is 0. The minimum Gasteiger partial charge on any atom is -0.411 e. The lowest BCUT2D eigenvalue weighted by Crippen LogP contribution is -2.41. The summed E-state index contributed by atoms with van der Waals surface area (Å²) in [7, 11) is -0.463. The van der Waals surface area contributed by atoms with Gasteiger partial charge >= 0.3 is 13.2 Å². The molecule has 1 saturated heterocycles. The number of nitrogens with zero attached hydrogens (tertiary/aromatic N) is 1. The van der Waals surface area contributed by atoms with E-state index < -0.39 is 24.4 Å². The molecule has 7 heteroatoms. The second kappa shape index (κ2) is 6.17. The molecule has 3 rings (SSSR count). The summed E-state index contributed by atoms with van der Waals surface area (Å²) >= 11 is 0. The molecule has 1 fully saturated rings. The maximum absolute atomic E-state index is 10.8. The van der Waals surface area contributed by atoms with Crippen molar-refractivity contribution in [3.8, 4) is 16.9 Å².